The fraction of sp³-hybridized carbons (Fsp3) is 0.647. The molecule has 0 amide bonds. The molecule has 2 aliphatic rings. The van der Waals surface area contributed by atoms with Crippen LogP contribution in [0.1, 0.15) is 49.3 Å². The summed E-state index contributed by atoms with van der Waals surface area (Å²) in [6.07, 6.45) is 4.17. The molecule has 110 valence electrons. The van der Waals surface area contributed by atoms with E-state index in [9.17, 15) is 0 Å². The first-order valence-electron chi connectivity index (χ1n) is 7.97. The van der Waals surface area contributed by atoms with E-state index < -0.39 is 0 Å². The molecular weight excluding hydrogens is 248 g/mol. The number of ether oxygens (including phenoxy) is 1. The lowest BCUT2D eigenvalue weighted by Crippen LogP contribution is -2.46. The second-order valence-electron chi connectivity index (χ2n) is 6.09. The van der Waals surface area contributed by atoms with Gasteiger partial charge >= 0.3 is 0 Å². The zero-order valence-electron chi connectivity index (χ0n) is 12.4. The quantitative estimate of drug-likeness (QED) is 0.897. The number of morpholine rings is 1. The van der Waals surface area contributed by atoms with Gasteiger partial charge in [-0.1, -0.05) is 31.2 Å². The molecule has 0 spiro atoms. The maximum atomic E-state index is 6.05. The van der Waals surface area contributed by atoms with Gasteiger partial charge in [-0.2, -0.15) is 0 Å². The van der Waals surface area contributed by atoms with Gasteiger partial charge < -0.3 is 10.5 Å². The van der Waals surface area contributed by atoms with Crippen molar-refractivity contribution in [1.82, 2.24) is 4.90 Å². The van der Waals surface area contributed by atoms with Crippen molar-refractivity contribution in [1.29, 1.82) is 0 Å². The molecule has 3 rings (SSSR count). The lowest BCUT2D eigenvalue weighted by atomic mass is 10.0. The minimum Gasteiger partial charge on any atom is -0.376 e. The summed E-state index contributed by atoms with van der Waals surface area (Å²) in [5.41, 5.74) is 8.90. The van der Waals surface area contributed by atoms with Gasteiger partial charge in [-0.15, -0.1) is 0 Å². The highest BCUT2D eigenvalue weighted by molar-refractivity contribution is 5.30. The average molecular weight is 274 g/mol. The van der Waals surface area contributed by atoms with Gasteiger partial charge in [0.25, 0.3) is 0 Å². The lowest BCUT2D eigenvalue weighted by Gasteiger charge is -2.38. The van der Waals surface area contributed by atoms with Gasteiger partial charge in [-0.25, -0.2) is 0 Å². The van der Waals surface area contributed by atoms with Crippen molar-refractivity contribution in [2.45, 2.75) is 44.2 Å². The van der Waals surface area contributed by atoms with Gasteiger partial charge in [0.15, 0.2) is 0 Å². The molecule has 3 heteroatoms. The third-order valence-corrected chi connectivity index (χ3v) is 4.66. The third kappa shape index (κ3) is 3.05. The average Bonchev–Trinajstić information content (AvgIpc) is 3.34. The molecule has 1 saturated heterocycles. The van der Waals surface area contributed by atoms with Crippen LogP contribution in [0, 0.1) is 0 Å². The highest BCUT2D eigenvalue weighted by Gasteiger charge is 2.27. The molecule has 1 aliphatic carbocycles. The Morgan fingerprint density at radius 2 is 2.05 bits per heavy atom. The molecule has 0 bridgehead atoms. The normalized spacial score (nSPS) is 25.6. The van der Waals surface area contributed by atoms with Crippen LogP contribution >= 0.6 is 0 Å². The largest absolute Gasteiger partial charge is 0.376 e. The minimum atomic E-state index is 0.334. The first-order valence-corrected chi connectivity index (χ1v) is 7.97. The zero-order valence-corrected chi connectivity index (χ0v) is 12.4. The molecule has 1 aliphatic heterocycles. The van der Waals surface area contributed by atoms with E-state index in [1.54, 1.807) is 0 Å². The highest BCUT2D eigenvalue weighted by atomic mass is 16.5. The van der Waals surface area contributed by atoms with Crippen molar-refractivity contribution in [2.75, 3.05) is 26.2 Å². The molecule has 1 saturated carbocycles. The topological polar surface area (TPSA) is 38.5 Å². The van der Waals surface area contributed by atoms with Crippen LogP contribution in [0.4, 0.5) is 0 Å². The SMILES string of the molecule is CCC1CN(C(CN)c2ccc(C3CC3)cc2)CCO1. The van der Waals surface area contributed by atoms with Crippen molar-refractivity contribution in [3.05, 3.63) is 35.4 Å². The Hall–Kier alpha value is -0.900. The van der Waals surface area contributed by atoms with E-state index in [1.165, 1.54) is 24.0 Å². The Labute approximate surface area is 122 Å². The molecule has 0 aromatic heterocycles. The highest BCUT2D eigenvalue weighted by Crippen LogP contribution is 2.40. The van der Waals surface area contributed by atoms with Crippen molar-refractivity contribution in [2.24, 2.45) is 5.73 Å². The number of benzene rings is 1. The first-order chi connectivity index (χ1) is 9.81. The van der Waals surface area contributed by atoms with Crippen LogP contribution in [-0.2, 0) is 4.74 Å². The zero-order chi connectivity index (χ0) is 13.9. The smallest absolute Gasteiger partial charge is 0.0700 e. The van der Waals surface area contributed by atoms with Crippen LogP contribution < -0.4 is 5.73 Å². The van der Waals surface area contributed by atoms with E-state index in [4.69, 9.17) is 10.5 Å². The number of hydrogen-bond acceptors (Lipinski definition) is 3. The molecular formula is C17H26N2O. The number of nitrogens with zero attached hydrogens (tertiary/aromatic N) is 1. The second-order valence-corrected chi connectivity index (χ2v) is 6.09. The summed E-state index contributed by atoms with van der Waals surface area (Å²) in [6.45, 7) is 5.69. The van der Waals surface area contributed by atoms with E-state index in [0.29, 0.717) is 18.7 Å². The molecule has 1 aromatic carbocycles. The predicted octanol–water partition coefficient (Wildman–Crippen LogP) is 2.67. The molecule has 1 heterocycles. The second kappa shape index (κ2) is 6.25. The Morgan fingerprint density at radius 3 is 2.65 bits per heavy atom. The fourth-order valence-electron chi connectivity index (χ4n) is 3.18. The summed E-state index contributed by atoms with van der Waals surface area (Å²) in [4.78, 5) is 2.49. The summed E-state index contributed by atoms with van der Waals surface area (Å²) in [5, 5.41) is 0. The first kappa shape index (κ1) is 14.1. The van der Waals surface area contributed by atoms with Crippen LogP contribution in [0.3, 0.4) is 0 Å². The van der Waals surface area contributed by atoms with Gasteiger partial charge in [0.05, 0.1) is 12.7 Å². The van der Waals surface area contributed by atoms with Gasteiger partial charge in [0, 0.05) is 25.7 Å². The maximum absolute atomic E-state index is 6.05. The van der Waals surface area contributed by atoms with Crippen LogP contribution in [0.15, 0.2) is 24.3 Å². The third-order valence-electron chi connectivity index (χ3n) is 4.66. The molecule has 2 unspecified atom stereocenters. The summed E-state index contributed by atoms with van der Waals surface area (Å²) >= 11 is 0. The Bertz CT molecular complexity index is 427. The molecule has 2 N–H and O–H groups in total. The Balaban J connectivity index is 1.71. The van der Waals surface area contributed by atoms with Crippen LogP contribution in [0.2, 0.25) is 0 Å². The van der Waals surface area contributed by atoms with E-state index in [1.807, 2.05) is 0 Å². The Morgan fingerprint density at radius 1 is 1.30 bits per heavy atom. The molecule has 2 fully saturated rings. The Kier molecular flexibility index (Phi) is 4.39. The molecule has 2 atom stereocenters. The molecule has 3 nitrogen and oxygen atoms in total. The number of rotatable bonds is 5. The van der Waals surface area contributed by atoms with Crippen molar-refractivity contribution >= 4 is 0 Å². The van der Waals surface area contributed by atoms with Crippen LogP contribution in [0.5, 0.6) is 0 Å². The van der Waals surface area contributed by atoms with E-state index in [2.05, 4.69) is 36.1 Å². The van der Waals surface area contributed by atoms with Gasteiger partial charge in [-0.05, 0) is 36.3 Å². The van der Waals surface area contributed by atoms with E-state index in [0.717, 1.165) is 32.0 Å². The summed E-state index contributed by atoms with van der Waals surface area (Å²) in [7, 11) is 0. The predicted molar refractivity (Wildman–Crippen MR) is 81.8 cm³/mol. The van der Waals surface area contributed by atoms with Crippen molar-refractivity contribution in [3.8, 4) is 0 Å². The fourth-order valence-corrected chi connectivity index (χ4v) is 3.18. The van der Waals surface area contributed by atoms with Crippen LogP contribution in [-0.4, -0.2) is 37.2 Å². The summed E-state index contributed by atoms with van der Waals surface area (Å²) in [5.74, 6) is 0.827. The van der Waals surface area contributed by atoms with Crippen LogP contribution in [0.25, 0.3) is 0 Å². The molecule has 0 radical (unpaired) electrons. The molecule has 1 aromatic rings. The van der Waals surface area contributed by atoms with Gasteiger partial charge in [0.2, 0.25) is 0 Å². The van der Waals surface area contributed by atoms with Gasteiger partial charge in [-0.3, -0.25) is 4.90 Å². The van der Waals surface area contributed by atoms with Gasteiger partial charge in [0.1, 0.15) is 0 Å². The number of nitrogens with two attached hydrogens (primary N) is 1. The van der Waals surface area contributed by atoms with E-state index >= 15 is 0 Å². The van der Waals surface area contributed by atoms with E-state index in [-0.39, 0.29) is 0 Å². The summed E-state index contributed by atoms with van der Waals surface area (Å²) in [6, 6.07) is 9.49. The van der Waals surface area contributed by atoms with Crippen molar-refractivity contribution < 1.29 is 4.74 Å². The monoisotopic (exact) mass is 274 g/mol. The number of hydrogen-bond donors (Lipinski definition) is 1. The van der Waals surface area contributed by atoms with Crippen molar-refractivity contribution in [3.63, 3.8) is 0 Å². The summed E-state index contributed by atoms with van der Waals surface area (Å²) < 4.78 is 5.76. The lowest BCUT2D eigenvalue weighted by molar-refractivity contribution is -0.0437. The standard InChI is InChI=1S/C17H26N2O/c1-2-16-12-19(9-10-20-16)17(11-18)15-7-5-14(6-8-15)13-3-4-13/h5-8,13,16-17H,2-4,9-12,18H2,1H3. The maximum Gasteiger partial charge on any atom is 0.0700 e. The minimum absolute atomic E-state index is 0.334. The molecule has 20 heavy (non-hydrogen) atoms.